The maximum atomic E-state index is 2.42. The SMILES string of the molecule is Cc1cccc2c1-c1cc(C3=C(c4ccccc4)C=CC3)ccc1C2. The van der Waals surface area contributed by atoms with E-state index >= 15 is 0 Å². The summed E-state index contributed by atoms with van der Waals surface area (Å²) in [6.45, 7) is 2.23. The zero-order valence-electron chi connectivity index (χ0n) is 14.4. The van der Waals surface area contributed by atoms with Crippen LogP contribution in [0.4, 0.5) is 0 Å². The van der Waals surface area contributed by atoms with Crippen molar-refractivity contribution in [3.8, 4) is 11.1 Å². The topological polar surface area (TPSA) is 0 Å². The largest absolute Gasteiger partial charge is 0.0795 e. The van der Waals surface area contributed by atoms with Gasteiger partial charge in [0.2, 0.25) is 0 Å². The fraction of sp³-hybridized carbons (Fsp3) is 0.120. The van der Waals surface area contributed by atoms with Crippen LogP contribution in [0.2, 0.25) is 0 Å². The third-order valence-electron chi connectivity index (χ3n) is 5.48. The van der Waals surface area contributed by atoms with Crippen molar-refractivity contribution in [1.82, 2.24) is 0 Å². The Morgan fingerprint density at radius 3 is 2.52 bits per heavy atom. The van der Waals surface area contributed by atoms with Crippen molar-refractivity contribution in [3.05, 3.63) is 107 Å². The molecule has 0 unspecified atom stereocenters. The molecule has 0 amide bonds. The van der Waals surface area contributed by atoms with Crippen molar-refractivity contribution in [2.45, 2.75) is 19.8 Å². The number of hydrogen-bond donors (Lipinski definition) is 0. The standard InChI is InChI=1S/C25H20/c1-17-7-5-10-21-15-19-13-14-20(16-24(19)25(17)21)23-12-6-11-22(23)18-8-3-2-4-9-18/h2-11,13-14,16H,12,15H2,1H3. The van der Waals surface area contributed by atoms with E-state index in [1.165, 1.54) is 50.1 Å². The predicted molar refractivity (Wildman–Crippen MR) is 106 cm³/mol. The maximum absolute atomic E-state index is 2.42. The minimum absolute atomic E-state index is 1.02. The van der Waals surface area contributed by atoms with Crippen LogP contribution in [0, 0.1) is 6.92 Å². The van der Waals surface area contributed by atoms with Crippen molar-refractivity contribution < 1.29 is 0 Å². The Bertz CT molecular complexity index is 1030. The summed E-state index contributed by atoms with van der Waals surface area (Å²) >= 11 is 0. The number of fused-ring (bicyclic) bond motifs is 3. The van der Waals surface area contributed by atoms with Gasteiger partial charge < -0.3 is 0 Å². The van der Waals surface area contributed by atoms with E-state index in [4.69, 9.17) is 0 Å². The van der Waals surface area contributed by atoms with Gasteiger partial charge in [0.05, 0.1) is 0 Å². The molecule has 0 N–H and O–H groups in total. The summed E-state index contributed by atoms with van der Waals surface area (Å²) in [5.74, 6) is 0. The highest BCUT2D eigenvalue weighted by molar-refractivity contribution is 5.99. The van der Waals surface area contributed by atoms with Gasteiger partial charge in [-0.15, -0.1) is 0 Å². The molecule has 0 saturated carbocycles. The molecule has 0 saturated heterocycles. The Balaban J connectivity index is 1.66. The van der Waals surface area contributed by atoms with Crippen LogP contribution in [0.15, 0.2) is 78.9 Å². The molecule has 3 aromatic carbocycles. The van der Waals surface area contributed by atoms with Crippen LogP contribution in [0.1, 0.15) is 34.2 Å². The third kappa shape index (κ3) is 2.29. The molecule has 0 aromatic heterocycles. The Morgan fingerprint density at radius 1 is 0.760 bits per heavy atom. The molecule has 5 rings (SSSR count). The van der Waals surface area contributed by atoms with Crippen LogP contribution in [-0.2, 0) is 6.42 Å². The molecule has 0 heterocycles. The highest BCUT2D eigenvalue weighted by Gasteiger charge is 2.21. The number of aryl methyl sites for hydroxylation is 1. The molecular formula is C25H20. The van der Waals surface area contributed by atoms with E-state index in [1.54, 1.807) is 0 Å². The molecule has 2 aliphatic rings. The molecule has 0 heteroatoms. The highest BCUT2D eigenvalue weighted by atomic mass is 14.3. The number of rotatable bonds is 2. The first kappa shape index (κ1) is 14.5. The van der Waals surface area contributed by atoms with Crippen molar-refractivity contribution >= 4 is 11.1 Å². The molecule has 0 fully saturated rings. The van der Waals surface area contributed by atoms with Crippen molar-refractivity contribution in [1.29, 1.82) is 0 Å². The van der Waals surface area contributed by atoms with E-state index in [9.17, 15) is 0 Å². The van der Waals surface area contributed by atoms with Crippen LogP contribution in [0.25, 0.3) is 22.3 Å². The number of hydrogen-bond acceptors (Lipinski definition) is 0. The van der Waals surface area contributed by atoms with Gasteiger partial charge in [-0.1, -0.05) is 72.8 Å². The summed E-state index contributed by atoms with van der Waals surface area (Å²) < 4.78 is 0. The molecular weight excluding hydrogens is 300 g/mol. The van der Waals surface area contributed by atoms with Gasteiger partial charge in [0, 0.05) is 0 Å². The van der Waals surface area contributed by atoms with Gasteiger partial charge in [0.15, 0.2) is 0 Å². The highest BCUT2D eigenvalue weighted by Crippen LogP contribution is 2.42. The summed E-state index contributed by atoms with van der Waals surface area (Å²) in [5, 5.41) is 0. The van der Waals surface area contributed by atoms with Crippen molar-refractivity contribution in [2.75, 3.05) is 0 Å². The smallest absolute Gasteiger partial charge is 0.00133 e. The molecule has 0 spiro atoms. The first-order valence-electron chi connectivity index (χ1n) is 8.98. The minimum atomic E-state index is 1.02. The van der Waals surface area contributed by atoms with E-state index in [0.29, 0.717) is 0 Å². The van der Waals surface area contributed by atoms with E-state index in [-0.39, 0.29) is 0 Å². The Morgan fingerprint density at radius 2 is 1.64 bits per heavy atom. The molecule has 0 nitrogen and oxygen atoms in total. The second-order valence-electron chi connectivity index (χ2n) is 7.02. The van der Waals surface area contributed by atoms with E-state index in [2.05, 4.69) is 85.8 Å². The molecule has 2 aliphatic carbocycles. The summed E-state index contributed by atoms with van der Waals surface area (Å²) in [6, 6.07) is 24.5. The molecule has 0 bridgehead atoms. The lowest BCUT2D eigenvalue weighted by atomic mass is 9.93. The second-order valence-corrected chi connectivity index (χ2v) is 7.02. The van der Waals surface area contributed by atoms with Crippen LogP contribution in [-0.4, -0.2) is 0 Å². The van der Waals surface area contributed by atoms with Gasteiger partial charge in [-0.3, -0.25) is 0 Å². The lowest BCUT2D eigenvalue weighted by molar-refractivity contribution is 1.25. The van der Waals surface area contributed by atoms with Crippen LogP contribution >= 0.6 is 0 Å². The third-order valence-corrected chi connectivity index (χ3v) is 5.48. The summed E-state index contributed by atoms with van der Waals surface area (Å²) in [6.07, 6.45) is 6.64. The van der Waals surface area contributed by atoms with E-state index in [1.807, 2.05) is 0 Å². The van der Waals surface area contributed by atoms with Crippen LogP contribution < -0.4 is 0 Å². The molecule has 0 aliphatic heterocycles. The quantitative estimate of drug-likeness (QED) is 0.399. The Kier molecular flexibility index (Phi) is 3.24. The molecule has 3 aromatic rings. The van der Waals surface area contributed by atoms with Gasteiger partial charge in [0.1, 0.15) is 0 Å². The van der Waals surface area contributed by atoms with Gasteiger partial charge in [-0.05, 0) is 75.9 Å². The normalized spacial score (nSPS) is 14.8. The van der Waals surface area contributed by atoms with Gasteiger partial charge in [-0.2, -0.15) is 0 Å². The van der Waals surface area contributed by atoms with Gasteiger partial charge in [-0.25, -0.2) is 0 Å². The molecule has 0 atom stereocenters. The molecule has 120 valence electrons. The number of allylic oxidation sites excluding steroid dienone is 4. The fourth-order valence-corrected chi connectivity index (χ4v) is 4.28. The Labute approximate surface area is 149 Å². The summed E-state index contributed by atoms with van der Waals surface area (Å²) in [7, 11) is 0. The molecule has 0 radical (unpaired) electrons. The summed E-state index contributed by atoms with van der Waals surface area (Å²) in [4.78, 5) is 0. The number of benzene rings is 3. The van der Waals surface area contributed by atoms with Crippen molar-refractivity contribution in [3.63, 3.8) is 0 Å². The summed E-state index contributed by atoms with van der Waals surface area (Å²) in [5.41, 5.74) is 12.7. The van der Waals surface area contributed by atoms with E-state index < -0.39 is 0 Å². The second kappa shape index (κ2) is 5.60. The Hall–Kier alpha value is -2.86. The monoisotopic (exact) mass is 320 g/mol. The maximum Gasteiger partial charge on any atom is -0.00133 e. The van der Waals surface area contributed by atoms with Crippen LogP contribution in [0.3, 0.4) is 0 Å². The average molecular weight is 320 g/mol. The van der Waals surface area contributed by atoms with Gasteiger partial charge in [0.25, 0.3) is 0 Å². The first-order valence-corrected chi connectivity index (χ1v) is 8.98. The fourth-order valence-electron chi connectivity index (χ4n) is 4.28. The van der Waals surface area contributed by atoms with E-state index in [0.717, 1.165) is 12.8 Å². The zero-order chi connectivity index (χ0) is 16.8. The van der Waals surface area contributed by atoms with Crippen molar-refractivity contribution in [2.24, 2.45) is 0 Å². The lowest BCUT2D eigenvalue weighted by Gasteiger charge is -2.11. The zero-order valence-corrected chi connectivity index (χ0v) is 14.4. The lowest BCUT2D eigenvalue weighted by Crippen LogP contribution is -1.89. The van der Waals surface area contributed by atoms with Gasteiger partial charge >= 0.3 is 0 Å². The first-order chi connectivity index (χ1) is 12.3. The predicted octanol–water partition coefficient (Wildman–Crippen LogP) is 6.44. The van der Waals surface area contributed by atoms with Crippen LogP contribution in [0.5, 0.6) is 0 Å². The molecule has 25 heavy (non-hydrogen) atoms. The average Bonchev–Trinajstić information content (AvgIpc) is 3.27. The minimum Gasteiger partial charge on any atom is -0.0795 e.